The lowest BCUT2D eigenvalue weighted by Crippen LogP contribution is -2.42. The topological polar surface area (TPSA) is 115 Å². The van der Waals surface area contributed by atoms with Crippen LogP contribution in [0.3, 0.4) is 0 Å². The highest BCUT2D eigenvalue weighted by Crippen LogP contribution is 2.30. The highest BCUT2D eigenvalue weighted by atomic mass is 16.6. The summed E-state index contributed by atoms with van der Waals surface area (Å²) >= 11 is 0. The molecule has 0 aliphatic carbocycles. The van der Waals surface area contributed by atoms with Crippen LogP contribution < -0.4 is 15.0 Å². The number of benzene rings is 1. The van der Waals surface area contributed by atoms with E-state index >= 15 is 0 Å². The van der Waals surface area contributed by atoms with Gasteiger partial charge in [-0.2, -0.15) is 5.10 Å². The number of ether oxygens (including phenoxy) is 2. The number of carbonyl (C=O) groups excluding carboxylic acids is 2. The van der Waals surface area contributed by atoms with Crippen LogP contribution in [0.15, 0.2) is 30.7 Å². The average Bonchev–Trinajstić information content (AvgIpc) is 3.44. The number of rotatable bonds is 6. The average molecular weight is 496 g/mol. The molecule has 1 aliphatic rings. The van der Waals surface area contributed by atoms with Gasteiger partial charge in [0.2, 0.25) is 0 Å². The Hall–Kier alpha value is -3.89. The van der Waals surface area contributed by atoms with Crippen LogP contribution in [0.2, 0.25) is 0 Å². The molecule has 11 heteroatoms. The molecule has 0 spiro atoms. The molecule has 0 saturated carbocycles. The second-order valence-electron chi connectivity index (χ2n) is 9.84. The molecule has 2 amide bonds. The summed E-state index contributed by atoms with van der Waals surface area (Å²) in [5, 5.41) is 8.16. The minimum Gasteiger partial charge on any atom is -0.492 e. The SMILES string of the molecule is CCOc1cc2nn(C)cc2cc1NC(=O)c1cnc(N2CC[C@@H](N(C)C(=O)OC(C)(C)C)C2)cn1. The summed E-state index contributed by atoms with van der Waals surface area (Å²) < 4.78 is 12.9. The van der Waals surface area contributed by atoms with Gasteiger partial charge in [-0.15, -0.1) is 0 Å². The van der Waals surface area contributed by atoms with Gasteiger partial charge in [0.15, 0.2) is 0 Å². The maximum Gasteiger partial charge on any atom is 0.410 e. The van der Waals surface area contributed by atoms with Crippen molar-refractivity contribution in [3.05, 3.63) is 36.4 Å². The number of nitrogens with zero attached hydrogens (tertiary/aromatic N) is 6. The van der Waals surface area contributed by atoms with Crippen LogP contribution in [0.1, 0.15) is 44.6 Å². The van der Waals surface area contributed by atoms with Crippen LogP contribution in [0, 0.1) is 0 Å². The summed E-state index contributed by atoms with van der Waals surface area (Å²) in [6.07, 6.45) is 5.36. The zero-order valence-corrected chi connectivity index (χ0v) is 21.6. The lowest BCUT2D eigenvalue weighted by Gasteiger charge is -2.28. The number of nitrogens with one attached hydrogen (secondary N) is 1. The predicted molar refractivity (Wildman–Crippen MR) is 136 cm³/mol. The van der Waals surface area contributed by atoms with E-state index in [-0.39, 0.29) is 23.7 Å². The standard InChI is InChI=1S/C25H33N7O4/c1-7-35-21-11-18-16(14-30(5)29-18)10-19(21)28-23(33)20-12-27-22(13-26-20)32-9-8-17(15-32)31(6)24(34)36-25(2,3)4/h10-14,17H,7-9,15H2,1-6H3,(H,28,33)/t17-/m1/s1. The Morgan fingerprint density at radius 3 is 2.67 bits per heavy atom. The molecule has 0 unspecified atom stereocenters. The zero-order valence-electron chi connectivity index (χ0n) is 21.6. The minimum absolute atomic E-state index is 0.00371. The summed E-state index contributed by atoms with van der Waals surface area (Å²) in [5.74, 6) is 0.805. The van der Waals surface area contributed by atoms with Crippen molar-refractivity contribution in [2.24, 2.45) is 7.05 Å². The molecule has 1 fully saturated rings. The highest BCUT2D eigenvalue weighted by molar-refractivity contribution is 6.04. The lowest BCUT2D eigenvalue weighted by atomic mass is 10.2. The molecule has 1 aromatic carbocycles. The molecule has 4 rings (SSSR count). The Morgan fingerprint density at radius 2 is 2.00 bits per heavy atom. The van der Waals surface area contributed by atoms with Crippen molar-refractivity contribution in [3.8, 4) is 5.75 Å². The maximum atomic E-state index is 12.9. The number of anilines is 2. The maximum absolute atomic E-state index is 12.9. The molecule has 11 nitrogen and oxygen atoms in total. The second-order valence-corrected chi connectivity index (χ2v) is 9.84. The summed E-state index contributed by atoms with van der Waals surface area (Å²) in [7, 11) is 3.59. The van der Waals surface area contributed by atoms with E-state index in [0.29, 0.717) is 30.4 Å². The normalized spacial score (nSPS) is 15.7. The van der Waals surface area contributed by atoms with Gasteiger partial charge < -0.3 is 24.6 Å². The van der Waals surface area contributed by atoms with Crippen molar-refractivity contribution in [1.82, 2.24) is 24.6 Å². The number of fused-ring (bicyclic) bond motifs is 1. The predicted octanol–water partition coefficient (Wildman–Crippen LogP) is 3.46. The smallest absolute Gasteiger partial charge is 0.410 e. The van der Waals surface area contributed by atoms with E-state index in [9.17, 15) is 9.59 Å². The van der Waals surface area contributed by atoms with Gasteiger partial charge in [0.05, 0.1) is 36.2 Å². The molecule has 3 heterocycles. The van der Waals surface area contributed by atoms with Gasteiger partial charge in [0, 0.05) is 44.8 Å². The van der Waals surface area contributed by atoms with Gasteiger partial charge in [-0.05, 0) is 40.2 Å². The van der Waals surface area contributed by atoms with E-state index in [0.717, 1.165) is 23.9 Å². The van der Waals surface area contributed by atoms with Gasteiger partial charge in [-0.3, -0.25) is 9.48 Å². The number of amides is 2. The molecular formula is C25H33N7O4. The number of likely N-dealkylation sites (N-methyl/N-ethyl adjacent to an activating group) is 1. The molecule has 36 heavy (non-hydrogen) atoms. The van der Waals surface area contributed by atoms with Crippen LogP contribution in [0.4, 0.5) is 16.3 Å². The molecule has 1 aliphatic heterocycles. The molecule has 1 saturated heterocycles. The quantitative estimate of drug-likeness (QED) is 0.553. The van der Waals surface area contributed by atoms with Crippen LogP contribution in [0.5, 0.6) is 5.75 Å². The van der Waals surface area contributed by atoms with Gasteiger partial charge in [0.25, 0.3) is 5.91 Å². The first kappa shape index (κ1) is 25.2. The molecule has 3 aromatic rings. The number of carbonyl (C=O) groups is 2. The largest absolute Gasteiger partial charge is 0.492 e. The highest BCUT2D eigenvalue weighted by Gasteiger charge is 2.31. The molecule has 1 N–H and O–H groups in total. The summed E-state index contributed by atoms with van der Waals surface area (Å²) in [4.78, 5) is 37.8. The number of aryl methyl sites for hydroxylation is 1. The van der Waals surface area contributed by atoms with Gasteiger partial charge in [-0.25, -0.2) is 14.8 Å². The Labute approximate surface area is 210 Å². The Morgan fingerprint density at radius 1 is 1.22 bits per heavy atom. The van der Waals surface area contributed by atoms with E-state index in [1.807, 2.05) is 51.9 Å². The molecular weight excluding hydrogens is 462 g/mol. The van der Waals surface area contributed by atoms with Crippen LogP contribution >= 0.6 is 0 Å². The zero-order chi connectivity index (χ0) is 26.0. The summed E-state index contributed by atoms with van der Waals surface area (Å²) in [6.45, 7) is 9.22. The fraction of sp³-hybridized carbons (Fsp3) is 0.480. The number of hydrogen-bond acceptors (Lipinski definition) is 8. The third-order valence-electron chi connectivity index (χ3n) is 5.86. The summed E-state index contributed by atoms with van der Waals surface area (Å²) in [5.41, 5.74) is 0.970. The number of aromatic nitrogens is 4. The second kappa shape index (κ2) is 10.00. The van der Waals surface area contributed by atoms with Crippen LogP contribution in [-0.2, 0) is 11.8 Å². The van der Waals surface area contributed by atoms with Gasteiger partial charge in [0.1, 0.15) is 22.9 Å². The van der Waals surface area contributed by atoms with E-state index in [2.05, 4.69) is 20.4 Å². The van der Waals surface area contributed by atoms with Crippen molar-refractivity contribution in [2.75, 3.05) is 37.0 Å². The molecule has 1 atom stereocenters. The Bertz CT molecular complexity index is 1250. The van der Waals surface area contributed by atoms with E-state index in [1.165, 1.54) is 6.20 Å². The van der Waals surface area contributed by atoms with E-state index in [4.69, 9.17) is 9.47 Å². The van der Waals surface area contributed by atoms with Crippen molar-refractivity contribution in [3.63, 3.8) is 0 Å². The fourth-order valence-electron chi connectivity index (χ4n) is 4.09. The molecule has 192 valence electrons. The third kappa shape index (κ3) is 5.67. The van der Waals surface area contributed by atoms with E-state index in [1.54, 1.807) is 28.9 Å². The molecule has 2 aromatic heterocycles. The van der Waals surface area contributed by atoms with Crippen LogP contribution in [0.25, 0.3) is 10.9 Å². The fourth-order valence-corrected chi connectivity index (χ4v) is 4.09. The van der Waals surface area contributed by atoms with Crippen molar-refractivity contribution in [2.45, 2.75) is 45.8 Å². The van der Waals surface area contributed by atoms with Crippen molar-refractivity contribution >= 4 is 34.4 Å². The molecule has 0 bridgehead atoms. The molecule has 0 radical (unpaired) electrons. The minimum atomic E-state index is -0.543. The van der Waals surface area contributed by atoms with E-state index < -0.39 is 5.60 Å². The first-order valence-electron chi connectivity index (χ1n) is 12.0. The van der Waals surface area contributed by atoms with Crippen molar-refractivity contribution in [1.29, 1.82) is 0 Å². The van der Waals surface area contributed by atoms with Crippen molar-refractivity contribution < 1.29 is 19.1 Å². The van der Waals surface area contributed by atoms with Crippen LogP contribution in [-0.4, -0.2) is 75.0 Å². The van der Waals surface area contributed by atoms with Gasteiger partial charge in [-0.1, -0.05) is 0 Å². The van der Waals surface area contributed by atoms with Gasteiger partial charge >= 0.3 is 6.09 Å². The Kier molecular flexibility index (Phi) is 7.00. The first-order chi connectivity index (χ1) is 17.0. The third-order valence-corrected chi connectivity index (χ3v) is 5.86. The lowest BCUT2D eigenvalue weighted by molar-refractivity contribution is 0.0237. The monoisotopic (exact) mass is 495 g/mol. The Balaban J connectivity index is 1.42. The summed E-state index contributed by atoms with van der Waals surface area (Å²) in [6, 6.07) is 3.64. The first-order valence-corrected chi connectivity index (χ1v) is 12.0. The number of hydrogen-bond donors (Lipinski definition) is 1.